The van der Waals surface area contributed by atoms with Crippen LogP contribution in [0.4, 0.5) is 4.39 Å². The van der Waals surface area contributed by atoms with Gasteiger partial charge in [-0.25, -0.2) is 4.39 Å². The molecular formula is C13H20FNO2. The molecule has 0 bridgehead atoms. The highest BCUT2D eigenvalue weighted by Gasteiger charge is 2.19. The second kappa shape index (κ2) is 5.98. The first kappa shape index (κ1) is 13.9. The first-order chi connectivity index (χ1) is 8.06. The summed E-state index contributed by atoms with van der Waals surface area (Å²) in [6, 6.07) is 1.40. The largest absolute Gasteiger partial charge is 0.496 e. The van der Waals surface area contributed by atoms with E-state index in [1.807, 2.05) is 6.92 Å². The predicted molar refractivity (Wildman–Crippen MR) is 66.0 cm³/mol. The lowest BCUT2D eigenvalue weighted by Crippen LogP contribution is -2.18. The van der Waals surface area contributed by atoms with Gasteiger partial charge in [-0.15, -0.1) is 0 Å². The molecule has 2 N–H and O–H groups in total. The molecular weight excluding hydrogens is 221 g/mol. The van der Waals surface area contributed by atoms with E-state index >= 15 is 0 Å². The molecule has 1 atom stereocenters. The highest BCUT2D eigenvalue weighted by molar-refractivity contribution is 5.47. The molecule has 0 saturated heterocycles. The van der Waals surface area contributed by atoms with Crippen molar-refractivity contribution in [2.75, 3.05) is 20.7 Å². The quantitative estimate of drug-likeness (QED) is 0.828. The van der Waals surface area contributed by atoms with Crippen LogP contribution in [-0.2, 0) is 6.42 Å². The molecule has 0 heterocycles. The fourth-order valence-corrected chi connectivity index (χ4v) is 2.04. The Kier molecular flexibility index (Phi) is 4.90. The van der Waals surface area contributed by atoms with Crippen molar-refractivity contribution < 1.29 is 14.2 Å². The van der Waals surface area contributed by atoms with Crippen LogP contribution in [-0.4, -0.2) is 25.8 Å². The SMILES string of the molecule is CCc1c(C(O)CNC)cc(F)c(C)c1OC. The van der Waals surface area contributed by atoms with Crippen LogP contribution in [0.25, 0.3) is 0 Å². The van der Waals surface area contributed by atoms with Crippen molar-refractivity contribution in [1.29, 1.82) is 0 Å². The maximum atomic E-state index is 13.7. The summed E-state index contributed by atoms with van der Waals surface area (Å²) in [6.07, 6.45) is -0.0284. The third-order valence-corrected chi connectivity index (χ3v) is 2.92. The number of aliphatic hydroxyl groups is 1. The maximum absolute atomic E-state index is 13.7. The van der Waals surface area contributed by atoms with Gasteiger partial charge >= 0.3 is 0 Å². The molecule has 0 aromatic heterocycles. The van der Waals surface area contributed by atoms with Gasteiger partial charge in [0.2, 0.25) is 0 Å². The fraction of sp³-hybridized carbons (Fsp3) is 0.538. The Morgan fingerprint density at radius 3 is 2.65 bits per heavy atom. The van der Waals surface area contributed by atoms with Crippen LogP contribution in [0.1, 0.15) is 29.7 Å². The number of ether oxygens (including phenoxy) is 1. The topological polar surface area (TPSA) is 41.5 Å². The second-order valence-corrected chi connectivity index (χ2v) is 4.01. The third kappa shape index (κ3) is 2.76. The van der Waals surface area contributed by atoms with Crippen LogP contribution in [0.5, 0.6) is 5.75 Å². The minimum atomic E-state index is -0.723. The van der Waals surface area contributed by atoms with Gasteiger partial charge < -0.3 is 15.2 Å². The summed E-state index contributed by atoms with van der Waals surface area (Å²) >= 11 is 0. The van der Waals surface area contributed by atoms with Gasteiger partial charge in [0, 0.05) is 17.7 Å². The van der Waals surface area contributed by atoms with E-state index in [0.717, 1.165) is 5.56 Å². The van der Waals surface area contributed by atoms with Gasteiger partial charge in [0.25, 0.3) is 0 Å². The molecule has 96 valence electrons. The van der Waals surface area contributed by atoms with Crippen molar-refractivity contribution in [3.05, 3.63) is 28.6 Å². The van der Waals surface area contributed by atoms with Crippen molar-refractivity contribution in [3.63, 3.8) is 0 Å². The molecule has 0 fully saturated rings. The Balaban J connectivity index is 3.33. The van der Waals surface area contributed by atoms with Crippen molar-refractivity contribution >= 4 is 0 Å². The maximum Gasteiger partial charge on any atom is 0.130 e. The van der Waals surface area contributed by atoms with Gasteiger partial charge in [-0.1, -0.05) is 6.92 Å². The summed E-state index contributed by atoms with van der Waals surface area (Å²) < 4.78 is 19.0. The van der Waals surface area contributed by atoms with Crippen LogP contribution < -0.4 is 10.1 Å². The molecule has 4 heteroatoms. The third-order valence-electron chi connectivity index (χ3n) is 2.92. The van der Waals surface area contributed by atoms with E-state index in [9.17, 15) is 9.50 Å². The van der Waals surface area contributed by atoms with Gasteiger partial charge in [0.05, 0.1) is 13.2 Å². The summed E-state index contributed by atoms with van der Waals surface area (Å²) in [5, 5.41) is 12.9. The lowest BCUT2D eigenvalue weighted by atomic mass is 9.96. The van der Waals surface area contributed by atoms with Crippen molar-refractivity contribution in [1.82, 2.24) is 5.32 Å². The molecule has 0 aliphatic carbocycles. The van der Waals surface area contributed by atoms with Gasteiger partial charge in [-0.05, 0) is 32.0 Å². The number of nitrogens with one attached hydrogen (secondary N) is 1. The summed E-state index contributed by atoms with van der Waals surface area (Å²) in [5.74, 6) is 0.196. The molecule has 0 aliphatic heterocycles. The van der Waals surface area contributed by atoms with Gasteiger partial charge in [-0.3, -0.25) is 0 Å². The molecule has 1 unspecified atom stereocenters. The number of hydrogen-bond acceptors (Lipinski definition) is 3. The van der Waals surface area contributed by atoms with Crippen molar-refractivity contribution in [2.45, 2.75) is 26.4 Å². The van der Waals surface area contributed by atoms with Gasteiger partial charge in [0.15, 0.2) is 0 Å². The Morgan fingerprint density at radius 2 is 2.18 bits per heavy atom. The second-order valence-electron chi connectivity index (χ2n) is 4.01. The Morgan fingerprint density at radius 1 is 1.53 bits per heavy atom. The van der Waals surface area contributed by atoms with Crippen molar-refractivity contribution in [2.24, 2.45) is 0 Å². The average molecular weight is 241 g/mol. The molecule has 3 nitrogen and oxygen atoms in total. The lowest BCUT2D eigenvalue weighted by molar-refractivity contribution is 0.175. The zero-order valence-electron chi connectivity index (χ0n) is 10.8. The molecule has 1 aromatic rings. The number of aliphatic hydroxyl groups excluding tert-OH is 1. The van der Waals surface area contributed by atoms with Crippen LogP contribution >= 0.6 is 0 Å². The van der Waals surface area contributed by atoms with Gasteiger partial charge in [-0.2, -0.15) is 0 Å². The van der Waals surface area contributed by atoms with E-state index in [4.69, 9.17) is 4.74 Å². The Hall–Kier alpha value is -1.13. The van der Waals surface area contributed by atoms with Gasteiger partial charge in [0.1, 0.15) is 11.6 Å². The Labute approximate surface area is 102 Å². The van der Waals surface area contributed by atoms with E-state index in [-0.39, 0.29) is 5.82 Å². The highest BCUT2D eigenvalue weighted by Crippen LogP contribution is 2.32. The van der Waals surface area contributed by atoms with E-state index in [0.29, 0.717) is 29.8 Å². The molecule has 0 saturated carbocycles. The molecule has 1 rings (SSSR count). The van der Waals surface area contributed by atoms with E-state index in [1.165, 1.54) is 13.2 Å². The summed E-state index contributed by atoms with van der Waals surface area (Å²) in [4.78, 5) is 0. The zero-order valence-corrected chi connectivity index (χ0v) is 10.8. The first-order valence-corrected chi connectivity index (χ1v) is 5.75. The van der Waals surface area contributed by atoms with Crippen LogP contribution in [0.3, 0.4) is 0 Å². The highest BCUT2D eigenvalue weighted by atomic mass is 19.1. The summed E-state index contributed by atoms with van der Waals surface area (Å²) in [7, 11) is 3.27. The molecule has 0 spiro atoms. The molecule has 0 amide bonds. The zero-order chi connectivity index (χ0) is 13.0. The molecule has 1 aromatic carbocycles. The van der Waals surface area contributed by atoms with E-state index < -0.39 is 6.10 Å². The number of benzene rings is 1. The Bertz CT molecular complexity index is 393. The number of rotatable bonds is 5. The molecule has 17 heavy (non-hydrogen) atoms. The number of methoxy groups -OCH3 is 1. The molecule has 0 aliphatic rings. The van der Waals surface area contributed by atoms with Crippen molar-refractivity contribution in [3.8, 4) is 5.75 Å². The van der Waals surface area contributed by atoms with E-state index in [2.05, 4.69) is 5.32 Å². The summed E-state index contributed by atoms with van der Waals surface area (Å²) in [6.45, 7) is 4.03. The number of hydrogen-bond donors (Lipinski definition) is 2. The fourth-order valence-electron chi connectivity index (χ4n) is 2.04. The van der Waals surface area contributed by atoms with E-state index in [1.54, 1.807) is 14.0 Å². The predicted octanol–water partition coefficient (Wildman–Crippen LogP) is 1.96. The first-order valence-electron chi connectivity index (χ1n) is 5.75. The minimum absolute atomic E-state index is 0.343. The van der Waals surface area contributed by atoms with Crippen LogP contribution in [0.15, 0.2) is 6.07 Å². The monoisotopic (exact) mass is 241 g/mol. The summed E-state index contributed by atoms with van der Waals surface area (Å²) in [5.41, 5.74) is 1.96. The van der Waals surface area contributed by atoms with Crippen LogP contribution in [0.2, 0.25) is 0 Å². The van der Waals surface area contributed by atoms with Crippen LogP contribution in [0, 0.1) is 12.7 Å². The lowest BCUT2D eigenvalue weighted by Gasteiger charge is -2.19. The smallest absolute Gasteiger partial charge is 0.130 e. The average Bonchev–Trinajstić information content (AvgIpc) is 2.32. The minimum Gasteiger partial charge on any atom is -0.496 e. The normalized spacial score (nSPS) is 12.6. The number of likely N-dealkylation sites (N-methyl/N-ethyl adjacent to an activating group) is 1. The molecule has 0 radical (unpaired) electrons. The standard InChI is InChI=1S/C13H20FNO2/c1-5-9-10(12(16)7-15-3)6-11(14)8(2)13(9)17-4/h6,12,15-16H,5,7H2,1-4H3. The number of halogens is 1.